The van der Waals surface area contributed by atoms with Gasteiger partial charge < -0.3 is 14.8 Å². The molecule has 0 bridgehead atoms. The van der Waals surface area contributed by atoms with Gasteiger partial charge in [-0.05, 0) is 50.7 Å². The van der Waals surface area contributed by atoms with Gasteiger partial charge >= 0.3 is 0 Å². The van der Waals surface area contributed by atoms with Gasteiger partial charge in [-0.2, -0.15) is 0 Å². The minimum Gasteiger partial charge on any atom is -0.346 e. The average molecular weight is 271 g/mol. The van der Waals surface area contributed by atoms with Crippen LogP contribution in [0.2, 0.25) is 0 Å². The van der Waals surface area contributed by atoms with Crippen LogP contribution < -0.4 is 5.32 Å². The van der Waals surface area contributed by atoms with E-state index in [9.17, 15) is 0 Å². The second kappa shape index (κ2) is 6.42. The lowest BCUT2D eigenvalue weighted by Crippen LogP contribution is -2.32. The Kier molecular flexibility index (Phi) is 4.38. The fourth-order valence-electron chi connectivity index (χ4n) is 3.26. The van der Waals surface area contributed by atoms with Crippen LogP contribution in [0.3, 0.4) is 0 Å². The number of hydrogen-bond donors (Lipinski definition) is 1. The van der Waals surface area contributed by atoms with E-state index in [0.717, 1.165) is 13.1 Å². The first-order valence-corrected chi connectivity index (χ1v) is 7.82. The van der Waals surface area contributed by atoms with E-state index in [0.29, 0.717) is 0 Å². The highest BCUT2D eigenvalue weighted by Gasteiger charge is 2.10. The Morgan fingerprint density at radius 3 is 2.70 bits per heavy atom. The van der Waals surface area contributed by atoms with Crippen LogP contribution in [0.5, 0.6) is 0 Å². The number of piperidine rings is 1. The summed E-state index contributed by atoms with van der Waals surface area (Å²) in [7, 11) is 2.01. The summed E-state index contributed by atoms with van der Waals surface area (Å²) in [5.41, 5.74) is 2.76. The summed E-state index contributed by atoms with van der Waals surface area (Å²) in [5.74, 6) is 0. The predicted molar refractivity (Wildman–Crippen MR) is 85.0 cm³/mol. The SMILES string of the molecule is CNCc1cccc2c1ccn2CCN1CCCCC1. The first-order valence-electron chi connectivity index (χ1n) is 7.82. The largest absolute Gasteiger partial charge is 0.346 e. The third-order valence-corrected chi connectivity index (χ3v) is 4.38. The van der Waals surface area contributed by atoms with Crippen molar-refractivity contribution >= 4 is 10.9 Å². The van der Waals surface area contributed by atoms with Gasteiger partial charge in [0.15, 0.2) is 0 Å². The maximum Gasteiger partial charge on any atom is 0.0483 e. The second-order valence-corrected chi connectivity index (χ2v) is 5.79. The summed E-state index contributed by atoms with van der Waals surface area (Å²) in [6, 6.07) is 8.89. The van der Waals surface area contributed by atoms with Crippen LogP contribution in [0.1, 0.15) is 24.8 Å². The quantitative estimate of drug-likeness (QED) is 0.902. The average Bonchev–Trinajstić information content (AvgIpc) is 2.91. The lowest BCUT2D eigenvalue weighted by molar-refractivity contribution is 0.221. The number of rotatable bonds is 5. The molecule has 1 aromatic heterocycles. The van der Waals surface area contributed by atoms with Gasteiger partial charge in [0.1, 0.15) is 0 Å². The van der Waals surface area contributed by atoms with Gasteiger partial charge in [0.05, 0.1) is 0 Å². The molecule has 0 saturated carbocycles. The molecule has 2 aromatic rings. The Morgan fingerprint density at radius 2 is 1.90 bits per heavy atom. The standard InChI is InChI=1S/C17H25N3/c1-18-14-15-6-5-7-17-16(15)8-11-20(17)13-12-19-9-3-2-4-10-19/h5-8,11,18H,2-4,9-10,12-14H2,1H3. The van der Waals surface area contributed by atoms with E-state index in [-0.39, 0.29) is 0 Å². The minimum absolute atomic E-state index is 0.938. The highest BCUT2D eigenvalue weighted by Crippen LogP contribution is 2.20. The zero-order valence-corrected chi connectivity index (χ0v) is 12.4. The van der Waals surface area contributed by atoms with E-state index in [2.05, 4.69) is 45.2 Å². The molecule has 0 spiro atoms. The third-order valence-electron chi connectivity index (χ3n) is 4.38. The molecule has 1 aliphatic heterocycles. The lowest BCUT2D eigenvalue weighted by atomic mass is 10.1. The van der Waals surface area contributed by atoms with Crippen molar-refractivity contribution < 1.29 is 0 Å². The van der Waals surface area contributed by atoms with Crippen LogP contribution in [0.15, 0.2) is 30.5 Å². The summed E-state index contributed by atoms with van der Waals surface area (Å²) in [4.78, 5) is 2.60. The Morgan fingerprint density at radius 1 is 1.05 bits per heavy atom. The highest BCUT2D eigenvalue weighted by molar-refractivity contribution is 5.83. The Bertz CT molecular complexity index is 552. The topological polar surface area (TPSA) is 20.2 Å². The molecule has 0 unspecified atom stereocenters. The molecule has 2 heterocycles. The third kappa shape index (κ3) is 2.89. The molecule has 108 valence electrons. The van der Waals surface area contributed by atoms with E-state index >= 15 is 0 Å². The Labute approximate surface area is 121 Å². The van der Waals surface area contributed by atoms with Crippen molar-refractivity contribution in [3.8, 4) is 0 Å². The molecule has 20 heavy (non-hydrogen) atoms. The first-order chi connectivity index (χ1) is 9.88. The zero-order chi connectivity index (χ0) is 13.8. The van der Waals surface area contributed by atoms with Gasteiger partial charge in [0.2, 0.25) is 0 Å². The minimum atomic E-state index is 0.938. The van der Waals surface area contributed by atoms with Crippen LogP contribution in [0, 0.1) is 0 Å². The zero-order valence-electron chi connectivity index (χ0n) is 12.4. The molecule has 0 amide bonds. The van der Waals surface area contributed by atoms with Crippen molar-refractivity contribution in [3.05, 3.63) is 36.0 Å². The van der Waals surface area contributed by atoms with Crippen LogP contribution in [-0.2, 0) is 13.1 Å². The molecular weight excluding hydrogens is 246 g/mol. The molecule has 0 atom stereocenters. The molecule has 3 heteroatoms. The van der Waals surface area contributed by atoms with Crippen molar-refractivity contribution in [2.24, 2.45) is 0 Å². The Hall–Kier alpha value is -1.32. The molecule has 1 aliphatic rings. The first kappa shape index (κ1) is 13.7. The second-order valence-electron chi connectivity index (χ2n) is 5.79. The van der Waals surface area contributed by atoms with Crippen molar-refractivity contribution in [3.63, 3.8) is 0 Å². The lowest BCUT2D eigenvalue weighted by Gasteiger charge is -2.26. The number of aromatic nitrogens is 1. The van der Waals surface area contributed by atoms with E-state index in [1.54, 1.807) is 0 Å². The fraction of sp³-hybridized carbons (Fsp3) is 0.529. The number of fused-ring (bicyclic) bond motifs is 1. The van der Waals surface area contributed by atoms with E-state index < -0.39 is 0 Å². The maximum atomic E-state index is 3.25. The number of nitrogens with zero attached hydrogens (tertiary/aromatic N) is 2. The van der Waals surface area contributed by atoms with Gasteiger partial charge in [-0.3, -0.25) is 0 Å². The molecule has 0 radical (unpaired) electrons. The van der Waals surface area contributed by atoms with E-state index in [4.69, 9.17) is 0 Å². The van der Waals surface area contributed by atoms with Crippen molar-refractivity contribution in [2.45, 2.75) is 32.4 Å². The van der Waals surface area contributed by atoms with E-state index in [1.165, 1.54) is 55.4 Å². The van der Waals surface area contributed by atoms with Gasteiger partial charge in [0.25, 0.3) is 0 Å². The van der Waals surface area contributed by atoms with Gasteiger partial charge in [0, 0.05) is 36.7 Å². The molecule has 1 aromatic carbocycles. The van der Waals surface area contributed by atoms with Crippen LogP contribution >= 0.6 is 0 Å². The normalized spacial score (nSPS) is 16.9. The molecule has 3 rings (SSSR count). The summed E-state index contributed by atoms with van der Waals surface area (Å²) in [6.07, 6.45) is 6.40. The summed E-state index contributed by atoms with van der Waals surface area (Å²) >= 11 is 0. The molecule has 0 aliphatic carbocycles. The molecule has 1 fully saturated rings. The maximum absolute atomic E-state index is 3.25. The number of benzene rings is 1. The summed E-state index contributed by atoms with van der Waals surface area (Å²) < 4.78 is 2.41. The van der Waals surface area contributed by atoms with Crippen molar-refractivity contribution in [1.29, 1.82) is 0 Å². The van der Waals surface area contributed by atoms with Crippen molar-refractivity contribution in [1.82, 2.24) is 14.8 Å². The van der Waals surface area contributed by atoms with Crippen LogP contribution in [0.25, 0.3) is 10.9 Å². The Balaban J connectivity index is 1.73. The smallest absolute Gasteiger partial charge is 0.0483 e. The van der Waals surface area contributed by atoms with Crippen LogP contribution in [-0.4, -0.2) is 36.1 Å². The van der Waals surface area contributed by atoms with Crippen LogP contribution in [0.4, 0.5) is 0 Å². The fourth-order valence-corrected chi connectivity index (χ4v) is 3.26. The summed E-state index contributed by atoms with van der Waals surface area (Å²) in [5, 5.41) is 4.64. The summed E-state index contributed by atoms with van der Waals surface area (Å²) in [6.45, 7) is 5.79. The molecule has 1 N–H and O–H groups in total. The van der Waals surface area contributed by atoms with Crippen molar-refractivity contribution in [2.75, 3.05) is 26.7 Å². The predicted octanol–water partition coefficient (Wildman–Crippen LogP) is 2.85. The van der Waals surface area contributed by atoms with Gasteiger partial charge in [-0.15, -0.1) is 0 Å². The highest BCUT2D eigenvalue weighted by atomic mass is 15.1. The van der Waals surface area contributed by atoms with Gasteiger partial charge in [-0.1, -0.05) is 18.6 Å². The molecule has 1 saturated heterocycles. The monoisotopic (exact) mass is 271 g/mol. The number of likely N-dealkylation sites (tertiary alicyclic amines) is 1. The molecule has 3 nitrogen and oxygen atoms in total. The molecular formula is C17H25N3. The van der Waals surface area contributed by atoms with Gasteiger partial charge in [-0.25, -0.2) is 0 Å². The number of hydrogen-bond acceptors (Lipinski definition) is 2. The number of nitrogens with one attached hydrogen (secondary N) is 1. The van der Waals surface area contributed by atoms with E-state index in [1.807, 2.05) is 7.05 Å².